The van der Waals surface area contributed by atoms with Crippen molar-refractivity contribution in [2.24, 2.45) is 16.3 Å². The minimum absolute atomic E-state index is 0.0925. The molecule has 1 saturated carbocycles. The molecule has 2 atom stereocenters. The first-order valence-electron chi connectivity index (χ1n) is 6.06. The molecule has 0 spiro atoms. The molecule has 88 valence electrons. The van der Waals surface area contributed by atoms with Gasteiger partial charge in [-0.2, -0.15) is 0 Å². The summed E-state index contributed by atoms with van der Waals surface area (Å²) in [4.78, 5) is 16.6. The van der Waals surface area contributed by atoms with Crippen molar-refractivity contribution < 1.29 is 9.53 Å². The normalized spacial score (nSPS) is 29.5. The molecule has 0 bridgehead atoms. The number of carbonyl (C=O) groups is 1. The molecule has 0 radical (unpaired) electrons. The molecule has 0 N–H and O–H groups in total. The van der Waals surface area contributed by atoms with Crippen molar-refractivity contribution in [1.29, 1.82) is 0 Å². The molecule has 2 aliphatic rings. The van der Waals surface area contributed by atoms with Crippen LogP contribution in [0.25, 0.3) is 0 Å². The van der Waals surface area contributed by atoms with Crippen LogP contribution in [0.1, 0.15) is 18.9 Å². The second-order valence-corrected chi connectivity index (χ2v) is 4.65. The maximum atomic E-state index is 12.1. The molecule has 1 aliphatic heterocycles. The van der Waals surface area contributed by atoms with Gasteiger partial charge in [0, 0.05) is 12.5 Å². The largest absolute Gasteiger partial charge is 0.465 e. The van der Waals surface area contributed by atoms with Gasteiger partial charge in [-0.1, -0.05) is 30.3 Å². The fourth-order valence-corrected chi connectivity index (χ4v) is 2.73. The van der Waals surface area contributed by atoms with Crippen molar-refractivity contribution in [2.45, 2.75) is 13.3 Å². The zero-order chi connectivity index (χ0) is 11.9. The van der Waals surface area contributed by atoms with Gasteiger partial charge in [-0.25, -0.2) is 0 Å². The van der Waals surface area contributed by atoms with E-state index in [1.807, 2.05) is 37.3 Å². The Morgan fingerprint density at radius 3 is 2.88 bits per heavy atom. The lowest BCUT2D eigenvalue weighted by molar-refractivity contribution is -0.147. The number of fused-ring (bicyclic) bond motifs is 1. The highest BCUT2D eigenvalue weighted by Crippen LogP contribution is 2.59. The third-order valence-corrected chi connectivity index (χ3v) is 3.68. The fraction of sp³-hybridized carbons (Fsp3) is 0.429. The van der Waals surface area contributed by atoms with Crippen LogP contribution in [0.4, 0.5) is 0 Å². The van der Waals surface area contributed by atoms with Crippen LogP contribution in [0.3, 0.4) is 0 Å². The van der Waals surface area contributed by atoms with Gasteiger partial charge in [0.1, 0.15) is 5.41 Å². The molecule has 0 saturated heterocycles. The molecule has 1 heterocycles. The quantitative estimate of drug-likeness (QED) is 0.744. The fourth-order valence-electron chi connectivity index (χ4n) is 2.73. The highest BCUT2D eigenvalue weighted by Gasteiger charge is 2.67. The van der Waals surface area contributed by atoms with Gasteiger partial charge in [-0.3, -0.25) is 9.79 Å². The summed E-state index contributed by atoms with van der Waals surface area (Å²) in [5.41, 5.74) is 1.57. The molecule has 17 heavy (non-hydrogen) atoms. The summed E-state index contributed by atoms with van der Waals surface area (Å²) in [5.74, 6) is 0.279. The van der Waals surface area contributed by atoms with Gasteiger partial charge in [-0.05, 0) is 18.9 Å². The summed E-state index contributed by atoms with van der Waals surface area (Å²) in [5, 5.41) is 0. The highest BCUT2D eigenvalue weighted by atomic mass is 16.5. The zero-order valence-electron chi connectivity index (χ0n) is 9.85. The zero-order valence-corrected chi connectivity index (χ0v) is 9.85. The van der Waals surface area contributed by atoms with Gasteiger partial charge in [0.25, 0.3) is 0 Å². The van der Waals surface area contributed by atoms with Crippen LogP contribution < -0.4 is 0 Å². The van der Waals surface area contributed by atoms with Crippen molar-refractivity contribution in [3.8, 4) is 0 Å². The smallest absolute Gasteiger partial charge is 0.318 e. The van der Waals surface area contributed by atoms with Crippen LogP contribution in [0.5, 0.6) is 0 Å². The van der Waals surface area contributed by atoms with Crippen LogP contribution >= 0.6 is 0 Å². The third kappa shape index (κ3) is 1.42. The molecule has 3 rings (SSSR count). The Balaban J connectivity index is 1.94. The molecular formula is C14H15NO2. The Kier molecular flexibility index (Phi) is 2.28. The predicted molar refractivity (Wildman–Crippen MR) is 65.0 cm³/mol. The van der Waals surface area contributed by atoms with E-state index in [1.54, 1.807) is 0 Å². The number of ether oxygens (including phenoxy) is 1. The van der Waals surface area contributed by atoms with Crippen molar-refractivity contribution in [2.75, 3.05) is 13.2 Å². The van der Waals surface area contributed by atoms with E-state index in [4.69, 9.17) is 4.74 Å². The Labute approximate surface area is 101 Å². The molecular weight excluding hydrogens is 214 g/mol. The van der Waals surface area contributed by atoms with E-state index in [-0.39, 0.29) is 5.97 Å². The SMILES string of the molecule is CCOC(=O)[C@@]12C[C@@H]1CN=C2c1ccccc1. The van der Waals surface area contributed by atoms with Crippen LogP contribution in [0.15, 0.2) is 35.3 Å². The topological polar surface area (TPSA) is 38.7 Å². The highest BCUT2D eigenvalue weighted by molar-refractivity contribution is 6.19. The number of rotatable bonds is 3. The summed E-state index contributed by atoms with van der Waals surface area (Å²) in [6.07, 6.45) is 0.902. The molecule has 3 heteroatoms. The molecule has 0 aromatic heterocycles. The number of hydrogen-bond donors (Lipinski definition) is 0. The lowest BCUT2D eigenvalue weighted by Crippen LogP contribution is -2.28. The summed E-state index contributed by atoms with van der Waals surface area (Å²) in [6.45, 7) is 3.05. The van der Waals surface area contributed by atoms with Crippen molar-refractivity contribution in [1.82, 2.24) is 0 Å². The van der Waals surface area contributed by atoms with E-state index in [1.165, 1.54) is 0 Å². The van der Waals surface area contributed by atoms with Crippen LogP contribution in [0.2, 0.25) is 0 Å². The number of nitrogens with zero attached hydrogens (tertiary/aromatic N) is 1. The summed E-state index contributed by atoms with van der Waals surface area (Å²) < 4.78 is 5.20. The van der Waals surface area contributed by atoms with Gasteiger partial charge in [0.15, 0.2) is 0 Å². The molecule has 1 aromatic rings. The second kappa shape index (κ2) is 3.69. The van der Waals surface area contributed by atoms with Gasteiger partial charge >= 0.3 is 5.97 Å². The van der Waals surface area contributed by atoms with E-state index in [0.717, 1.165) is 24.2 Å². The number of aliphatic imine (C=N–C) groups is 1. The van der Waals surface area contributed by atoms with E-state index in [9.17, 15) is 4.79 Å². The lowest BCUT2D eigenvalue weighted by atomic mass is 9.93. The first kappa shape index (κ1) is 10.5. The van der Waals surface area contributed by atoms with Gasteiger partial charge < -0.3 is 4.74 Å². The van der Waals surface area contributed by atoms with Crippen LogP contribution in [-0.4, -0.2) is 24.8 Å². The van der Waals surface area contributed by atoms with E-state index in [2.05, 4.69) is 4.99 Å². The Bertz CT molecular complexity index is 480. The second-order valence-electron chi connectivity index (χ2n) is 4.65. The van der Waals surface area contributed by atoms with Gasteiger partial charge in [0.05, 0.1) is 12.3 Å². The standard InChI is InChI=1S/C14H15NO2/c1-2-17-13(16)14-8-11(14)9-15-12(14)10-6-4-3-5-7-10/h3-7,11H,2,8-9H2,1H3/t11-,14+/m1/s1. The summed E-state index contributed by atoms with van der Waals surface area (Å²) in [6, 6.07) is 9.96. The first-order chi connectivity index (χ1) is 8.29. The predicted octanol–water partition coefficient (Wildman–Crippen LogP) is 2.06. The lowest BCUT2D eigenvalue weighted by Gasteiger charge is -2.14. The maximum absolute atomic E-state index is 12.1. The number of benzene rings is 1. The van der Waals surface area contributed by atoms with Crippen molar-refractivity contribution in [3.63, 3.8) is 0 Å². The van der Waals surface area contributed by atoms with E-state index >= 15 is 0 Å². The molecule has 1 aliphatic carbocycles. The molecule has 3 nitrogen and oxygen atoms in total. The molecule has 1 aromatic carbocycles. The van der Waals surface area contributed by atoms with E-state index in [0.29, 0.717) is 12.5 Å². The minimum Gasteiger partial charge on any atom is -0.465 e. The average Bonchev–Trinajstić information content (AvgIpc) is 2.98. The van der Waals surface area contributed by atoms with E-state index < -0.39 is 5.41 Å². The summed E-state index contributed by atoms with van der Waals surface area (Å²) in [7, 11) is 0. The number of carbonyl (C=O) groups excluding carboxylic acids is 1. The Hall–Kier alpha value is -1.64. The van der Waals surface area contributed by atoms with Crippen LogP contribution in [-0.2, 0) is 9.53 Å². The number of hydrogen-bond acceptors (Lipinski definition) is 3. The Morgan fingerprint density at radius 1 is 1.47 bits per heavy atom. The van der Waals surface area contributed by atoms with Gasteiger partial charge in [0.2, 0.25) is 0 Å². The van der Waals surface area contributed by atoms with Gasteiger partial charge in [-0.15, -0.1) is 0 Å². The summed E-state index contributed by atoms with van der Waals surface area (Å²) >= 11 is 0. The molecule has 1 fully saturated rings. The monoisotopic (exact) mass is 229 g/mol. The maximum Gasteiger partial charge on any atom is 0.318 e. The molecule has 0 amide bonds. The van der Waals surface area contributed by atoms with Crippen LogP contribution in [0, 0.1) is 11.3 Å². The Morgan fingerprint density at radius 2 is 2.24 bits per heavy atom. The third-order valence-electron chi connectivity index (χ3n) is 3.68. The minimum atomic E-state index is -0.419. The first-order valence-corrected chi connectivity index (χ1v) is 6.06. The molecule has 0 unspecified atom stereocenters. The van der Waals surface area contributed by atoms with Crippen molar-refractivity contribution in [3.05, 3.63) is 35.9 Å². The number of esters is 1. The average molecular weight is 229 g/mol. The van der Waals surface area contributed by atoms with Crippen molar-refractivity contribution >= 4 is 11.7 Å².